The van der Waals surface area contributed by atoms with Crippen molar-refractivity contribution in [3.05, 3.63) is 219 Å². The number of aryl methyl sites for hydroxylation is 2. The predicted molar refractivity (Wildman–Crippen MR) is 414 cm³/mol. The number of carbonyl (C=O) groups is 4. The highest BCUT2D eigenvalue weighted by atomic mass is 35.5. The molecule has 3 amide bonds. The number of nitrogen functional groups attached to an aromatic ring is 3. The van der Waals surface area contributed by atoms with Crippen molar-refractivity contribution in [2.75, 3.05) is 33.2 Å². The van der Waals surface area contributed by atoms with E-state index in [2.05, 4.69) is 71.2 Å². The second kappa shape index (κ2) is 30.6. The molecule has 10 N–H and O–H groups in total. The number of anilines is 6. The quantitative estimate of drug-likeness (QED) is 0.0416. The monoisotopic (exact) mass is 1730 g/mol. The standard InChI is InChI=1S/C22H16ClF3N6O.C20H15F3N6OS.C18H16ClF3N6O.C16H11F4N3O2S/c1-22(2)16-18(27)28-21(30-19(16)29-20(22)33)32-15-6-3-9(23)7-11(15)14(31-32)8-10-12(24)4-5-13(25)17(10)26;1-20(2)14-16(24)25-19(27-17(14)26-18(20)30)29-13-7-31-6-9(13)12(28-29)5-8-10(21)3-4-11(22)15(8)23;1-17(2)12-13(23)24-16(26-14(12)25-15(17)29)28-11-4-3-8(19)7-9(11)10(27-28)5-6-18(20,21)22;1-8-12(7-23-6-9(5-21-23)15(24)25)22-14(26-8)10-3-2-4-11(13(10)17)16(18,19)20/h3-7H,8H2,1-2H3,(H3,27,28,29,30,33);3-4,6-7H,5H2,1-2H3,(H3,24,25,26,27,30);3-4,7H,5-6H2,1-2H3,(H3,23,24,25,26,29);2-6H,7H2,1H3,(H,24,25). The summed E-state index contributed by atoms with van der Waals surface area (Å²) >= 11 is 14.6. The molecule has 0 saturated carbocycles. The normalized spacial score (nSPS) is 14.3. The second-order valence-electron chi connectivity index (χ2n) is 28.7. The summed E-state index contributed by atoms with van der Waals surface area (Å²) in [6, 6.07) is 15.8. The fraction of sp³-hybridized carbons (Fsp3) is 0.224. The molecular weight excluding hydrogens is 1670 g/mol. The van der Waals surface area contributed by atoms with Crippen LogP contribution in [0, 0.1) is 47.6 Å². The minimum Gasteiger partial charge on any atom is -0.478 e. The number of aromatic nitrogens is 15. The third kappa shape index (κ3) is 15.6. The molecule has 0 aliphatic carbocycles. The number of thiazole rings is 1. The Morgan fingerprint density at radius 1 is 0.538 bits per heavy atom. The average molecular weight is 1730 g/mol. The Labute approximate surface area is 679 Å². The van der Waals surface area contributed by atoms with Gasteiger partial charge < -0.3 is 38.3 Å². The molecule has 12 heterocycles. The predicted octanol–water partition coefficient (Wildman–Crippen LogP) is 16.0. The number of thiophene rings is 1. The van der Waals surface area contributed by atoms with Gasteiger partial charge in [-0.25, -0.2) is 40.5 Å². The first-order valence-electron chi connectivity index (χ1n) is 35.1. The van der Waals surface area contributed by atoms with Crippen LogP contribution in [0.25, 0.3) is 61.1 Å². The third-order valence-electron chi connectivity index (χ3n) is 19.7. The molecule has 0 fully saturated rings. The van der Waals surface area contributed by atoms with E-state index in [1.165, 1.54) is 48.5 Å². The lowest BCUT2D eigenvalue weighted by atomic mass is 9.87. The number of rotatable bonds is 13. The fourth-order valence-electron chi connectivity index (χ4n) is 13.4. The van der Waals surface area contributed by atoms with Gasteiger partial charge >= 0.3 is 18.3 Å². The first-order chi connectivity index (χ1) is 55.9. The Bertz CT molecular complexity index is 6550. The van der Waals surface area contributed by atoms with Gasteiger partial charge in [0, 0.05) is 90.4 Å². The van der Waals surface area contributed by atoms with Crippen molar-refractivity contribution in [1.82, 2.24) is 74.0 Å². The molecule has 0 spiro atoms. The summed E-state index contributed by atoms with van der Waals surface area (Å²) in [5, 5.41) is 40.0. The number of halogens is 15. The van der Waals surface area contributed by atoms with E-state index in [0.29, 0.717) is 87.6 Å². The van der Waals surface area contributed by atoms with Crippen molar-refractivity contribution < 1.29 is 81.4 Å². The Morgan fingerprint density at radius 2 is 0.975 bits per heavy atom. The summed E-state index contributed by atoms with van der Waals surface area (Å²) in [5.74, 6) is -8.56. The summed E-state index contributed by atoms with van der Waals surface area (Å²) < 4.78 is 181. The van der Waals surface area contributed by atoms with Crippen molar-refractivity contribution in [3.63, 3.8) is 0 Å². The first kappa shape index (κ1) is 82.8. The zero-order chi connectivity index (χ0) is 85.9. The van der Waals surface area contributed by atoms with Crippen molar-refractivity contribution in [3.8, 4) is 28.4 Å². The van der Waals surface area contributed by atoms with Crippen LogP contribution in [-0.4, -0.2) is 109 Å². The Kier molecular flexibility index (Phi) is 21.3. The number of hydrogen-bond acceptors (Lipinski definition) is 20. The van der Waals surface area contributed by atoms with E-state index < -0.39 is 98.4 Å². The summed E-state index contributed by atoms with van der Waals surface area (Å²) in [6.07, 6.45) is -8.58. The van der Waals surface area contributed by atoms with Gasteiger partial charge in [0.1, 0.15) is 57.4 Å². The molecule has 0 radical (unpaired) electrons. The molecular formula is C76H58Cl2F13N21O5S2. The molecule has 43 heteroatoms. The zero-order valence-electron chi connectivity index (χ0n) is 62.4. The summed E-state index contributed by atoms with van der Waals surface area (Å²) in [5.41, 5.74) is 17.5. The highest BCUT2D eigenvalue weighted by Crippen LogP contribution is 2.45. The molecule has 0 bridgehead atoms. The summed E-state index contributed by atoms with van der Waals surface area (Å²) in [4.78, 5) is 78.6. The molecule has 3 aliphatic heterocycles. The van der Waals surface area contributed by atoms with Crippen LogP contribution in [0.15, 0.2) is 102 Å². The number of nitrogens with two attached hydrogens (primary N) is 3. The lowest BCUT2D eigenvalue weighted by Crippen LogP contribution is -2.27. The molecule has 26 nitrogen and oxygen atoms in total. The zero-order valence-corrected chi connectivity index (χ0v) is 65.5. The van der Waals surface area contributed by atoms with E-state index in [1.54, 1.807) is 95.6 Å². The number of amides is 3. The van der Waals surface area contributed by atoms with Crippen molar-refractivity contribution >= 4 is 137 Å². The van der Waals surface area contributed by atoms with Gasteiger partial charge in [0.25, 0.3) is 17.8 Å². The maximum Gasteiger partial charge on any atom is 0.419 e. The SMILES string of the molecule is CC1(C)C(=O)Nc2nc(-n3nc(CCC(F)(F)F)c4cc(Cl)ccc43)nc(N)c21.CC1(C)C(=O)Nc2nc(-n3nc(Cc4c(F)ccc(F)c4F)c4cc(Cl)ccc43)nc(N)c21.CC1(C)C(=O)Nc2nc(-n3nc(Cc4c(F)ccc(F)c4F)c4cscc43)nc(N)c21.Cc1sc(-c2cccc(C(F)(F)F)c2F)nc1Cn1cc(C(=O)O)cn1. The largest absolute Gasteiger partial charge is 0.478 e. The number of hydrogen-bond donors (Lipinski definition) is 7. The Balaban J connectivity index is 0.000000131. The fourth-order valence-corrected chi connectivity index (χ4v) is 15.5. The van der Waals surface area contributed by atoms with Crippen LogP contribution < -0.4 is 33.2 Å². The lowest BCUT2D eigenvalue weighted by molar-refractivity contribution is -0.140. The smallest absolute Gasteiger partial charge is 0.419 e. The molecule has 3 aliphatic rings. The van der Waals surface area contributed by atoms with E-state index in [1.807, 2.05) is 0 Å². The van der Waals surface area contributed by atoms with Gasteiger partial charge in [-0.3, -0.25) is 19.1 Å². The van der Waals surface area contributed by atoms with Gasteiger partial charge in [-0.2, -0.15) is 90.7 Å². The minimum atomic E-state index is -4.79. The van der Waals surface area contributed by atoms with Crippen molar-refractivity contribution in [1.29, 1.82) is 0 Å². The maximum atomic E-state index is 14.3. The van der Waals surface area contributed by atoms with Crippen molar-refractivity contribution in [2.24, 2.45) is 0 Å². The third-order valence-corrected chi connectivity index (χ3v) is 21.9. The number of nitrogens with one attached hydrogen (secondary N) is 3. The summed E-state index contributed by atoms with van der Waals surface area (Å²) in [7, 11) is 0. The van der Waals surface area contributed by atoms with Crippen LogP contribution in [0.1, 0.15) is 119 Å². The van der Waals surface area contributed by atoms with Gasteiger partial charge in [0.2, 0.25) is 17.7 Å². The van der Waals surface area contributed by atoms with Crippen LogP contribution in [0.5, 0.6) is 0 Å². The molecule has 614 valence electrons. The van der Waals surface area contributed by atoms with Crippen LogP contribution in [0.2, 0.25) is 10.0 Å². The van der Waals surface area contributed by atoms with Gasteiger partial charge in [-0.1, -0.05) is 29.3 Å². The average Bonchev–Trinajstić information content (AvgIpc) is 1.60. The molecule has 5 aromatic carbocycles. The van der Waals surface area contributed by atoms with E-state index in [9.17, 15) is 76.3 Å². The van der Waals surface area contributed by atoms with E-state index in [4.69, 9.17) is 45.5 Å². The minimum absolute atomic E-state index is 0.00188. The van der Waals surface area contributed by atoms with Crippen LogP contribution in [-0.2, 0) is 62.6 Å². The molecule has 14 aromatic rings. The number of fused-ring (bicyclic) bond motifs is 6. The molecule has 17 rings (SSSR count). The van der Waals surface area contributed by atoms with Crippen LogP contribution in [0.4, 0.5) is 92.0 Å². The maximum absolute atomic E-state index is 14.3. The van der Waals surface area contributed by atoms with Gasteiger partial charge in [0.05, 0.1) is 96.1 Å². The van der Waals surface area contributed by atoms with Gasteiger partial charge in [0.15, 0.2) is 23.3 Å². The number of aromatic carboxylic acids is 1. The number of benzene rings is 5. The Hall–Kier alpha value is -12.8. The molecule has 0 unspecified atom stereocenters. The van der Waals surface area contributed by atoms with Gasteiger partial charge in [-0.05, 0) is 121 Å². The highest BCUT2D eigenvalue weighted by Gasteiger charge is 2.46. The second-order valence-corrected chi connectivity index (χ2v) is 31.6. The molecule has 0 saturated heterocycles. The summed E-state index contributed by atoms with van der Waals surface area (Å²) in [6.45, 7) is 12.1. The topological polar surface area (TPSA) is 364 Å². The van der Waals surface area contributed by atoms with Crippen LogP contribution in [0.3, 0.4) is 0 Å². The van der Waals surface area contributed by atoms with Gasteiger partial charge in [-0.15, -0.1) is 22.7 Å². The van der Waals surface area contributed by atoms with E-state index >= 15 is 0 Å². The number of nitrogens with zero attached hydrogens (tertiary/aromatic N) is 15. The van der Waals surface area contributed by atoms with Crippen LogP contribution >= 0.6 is 45.9 Å². The number of carboxylic acid groups (broad SMARTS) is 1. The Morgan fingerprint density at radius 3 is 1.42 bits per heavy atom. The van der Waals surface area contributed by atoms with E-state index in [-0.39, 0.29) is 118 Å². The van der Waals surface area contributed by atoms with Crippen molar-refractivity contribution in [2.45, 2.75) is 109 Å². The number of carbonyl (C=O) groups excluding carboxylic acids is 3. The molecule has 119 heavy (non-hydrogen) atoms. The number of carboxylic acids is 1. The lowest BCUT2D eigenvalue weighted by Gasteiger charge is -2.16. The number of alkyl halides is 6. The molecule has 9 aromatic heterocycles. The molecule has 0 atom stereocenters. The highest BCUT2D eigenvalue weighted by molar-refractivity contribution is 7.15. The first-order valence-corrected chi connectivity index (χ1v) is 37.6. The van der Waals surface area contributed by atoms with E-state index in [0.717, 1.165) is 41.7 Å².